The summed E-state index contributed by atoms with van der Waals surface area (Å²) in [6.07, 6.45) is 0.533. The number of nitrogens with zero attached hydrogens (tertiary/aromatic N) is 4. The Morgan fingerprint density at radius 3 is 2.95 bits per heavy atom. The van der Waals surface area contributed by atoms with E-state index in [1.54, 1.807) is 19.1 Å². The smallest absolute Gasteiger partial charge is 0.289 e. The second kappa shape index (κ2) is 5.79. The number of aryl methyl sites for hydroxylation is 1. The summed E-state index contributed by atoms with van der Waals surface area (Å²) >= 11 is 0. The number of hydrogen-bond acceptors (Lipinski definition) is 7. The molecule has 0 amide bonds. The maximum Gasteiger partial charge on any atom is 0.289 e. The first-order valence-electron chi connectivity index (χ1n) is 5.82. The van der Waals surface area contributed by atoms with Gasteiger partial charge < -0.3 is 9.84 Å². The summed E-state index contributed by atoms with van der Waals surface area (Å²) in [6, 6.07) is 6.15. The summed E-state index contributed by atoms with van der Waals surface area (Å²) in [7, 11) is 0. The highest BCUT2D eigenvalue weighted by atomic mass is 16.6. The molecule has 1 N–H and O–H groups in total. The highest BCUT2D eigenvalue weighted by molar-refractivity contribution is 5.59. The first kappa shape index (κ1) is 13.5. The van der Waals surface area contributed by atoms with E-state index >= 15 is 0 Å². The van der Waals surface area contributed by atoms with Crippen LogP contribution in [-0.4, -0.2) is 21.6 Å². The summed E-state index contributed by atoms with van der Waals surface area (Å²) < 4.78 is 4.83. The van der Waals surface area contributed by atoms with E-state index in [0.717, 1.165) is 0 Å². The van der Waals surface area contributed by atoms with Crippen molar-refractivity contribution >= 4 is 11.4 Å². The molecule has 0 saturated heterocycles. The van der Waals surface area contributed by atoms with Crippen molar-refractivity contribution in [3.05, 3.63) is 45.6 Å². The van der Waals surface area contributed by atoms with Gasteiger partial charge in [0.15, 0.2) is 5.82 Å². The Kier molecular flexibility index (Phi) is 3.91. The molecule has 0 fully saturated rings. The Labute approximate surface area is 114 Å². The van der Waals surface area contributed by atoms with Crippen molar-refractivity contribution < 1.29 is 9.45 Å². The number of nitro benzene ring substituents is 1. The third kappa shape index (κ3) is 3.08. The van der Waals surface area contributed by atoms with Crippen LogP contribution in [0.2, 0.25) is 0 Å². The molecule has 8 nitrogen and oxygen atoms in total. The van der Waals surface area contributed by atoms with E-state index in [1.807, 2.05) is 0 Å². The number of hydrogen-bond donors (Lipinski definition) is 1. The maximum atomic E-state index is 10.8. The predicted molar refractivity (Wildman–Crippen MR) is 69.0 cm³/mol. The van der Waals surface area contributed by atoms with Gasteiger partial charge in [-0.3, -0.25) is 10.1 Å². The number of nitro groups is 1. The van der Waals surface area contributed by atoms with E-state index in [9.17, 15) is 10.1 Å². The molecule has 2 aromatic rings. The number of anilines is 1. The minimum Gasteiger partial charge on any atom is -0.384 e. The van der Waals surface area contributed by atoms with Gasteiger partial charge in [0.25, 0.3) is 5.69 Å². The lowest BCUT2D eigenvalue weighted by atomic mass is 10.2. The Hall–Kier alpha value is -2.95. The predicted octanol–water partition coefficient (Wildman–Crippen LogP) is 1.81. The van der Waals surface area contributed by atoms with Gasteiger partial charge in [0.05, 0.1) is 4.92 Å². The fourth-order valence-electron chi connectivity index (χ4n) is 1.65. The van der Waals surface area contributed by atoms with Gasteiger partial charge >= 0.3 is 0 Å². The molecule has 0 radical (unpaired) electrons. The quantitative estimate of drug-likeness (QED) is 0.651. The van der Waals surface area contributed by atoms with Gasteiger partial charge in [-0.1, -0.05) is 5.16 Å². The lowest BCUT2D eigenvalue weighted by Gasteiger charge is -2.04. The second-order valence-electron chi connectivity index (χ2n) is 4.01. The van der Waals surface area contributed by atoms with Gasteiger partial charge in [0, 0.05) is 31.6 Å². The molecular formula is C12H11N5O3. The highest BCUT2D eigenvalue weighted by Gasteiger charge is 2.14. The highest BCUT2D eigenvalue weighted by Crippen LogP contribution is 2.22. The van der Waals surface area contributed by atoms with E-state index in [1.165, 1.54) is 12.1 Å². The molecule has 1 heterocycles. The first-order valence-corrected chi connectivity index (χ1v) is 5.82. The average molecular weight is 273 g/mol. The molecule has 2 rings (SSSR count). The Bertz CT molecular complexity index is 674. The van der Waals surface area contributed by atoms with Gasteiger partial charge in [0.2, 0.25) is 5.89 Å². The molecular weight excluding hydrogens is 262 g/mol. The third-order valence-electron chi connectivity index (χ3n) is 2.56. The molecule has 0 aliphatic heterocycles. The van der Waals surface area contributed by atoms with Crippen molar-refractivity contribution in [3.63, 3.8) is 0 Å². The molecule has 20 heavy (non-hydrogen) atoms. The van der Waals surface area contributed by atoms with Gasteiger partial charge in [-0.15, -0.1) is 0 Å². The van der Waals surface area contributed by atoms with Gasteiger partial charge in [-0.25, -0.2) is 0 Å². The van der Waals surface area contributed by atoms with Crippen LogP contribution < -0.4 is 5.32 Å². The molecule has 102 valence electrons. The van der Waals surface area contributed by atoms with Gasteiger partial charge in [0.1, 0.15) is 11.6 Å². The summed E-state index contributed by atoms with van der Waals surface area (Å²) in [6.45, 7) is 2.20. The van der Waals surface area contributed by atoms with Crippen LogP contribution in [0.1, 0.15) is 17.3 Å². The molecule has 1 aromatic heterocycles. The molecule has 0 saturated carbocycles. The Morgan fingerprint density at radius 1 is 1.55 bits per heavy atom. The van der Waals surface area contributed by atoms with Gasteiger partial charge in [-0.05, 0) is 12.1 Å². The van der Waals surface area contributed by atoms with E-state index in [0.29, 0.717) is 30.4 Å². The number of aromatic nitrogens is 2. The third-order valence-corrected chi connectivity index (χ3v) is 2.56. The molecule has 0 bridgehead atoms. The SMILES string of the molecule is Cc1nc(CCNc2ccc(C#N)c([N+](=O)[O-])c2)no1. The number of rotatable bonds is 5. The largest absolute Gasteiger partial charge is 0.384 e. The average Bonchev–Trinajstić information content (AvgIpc) is 2.84. The number of nitriles is 1. The molecule has 0 unspecified atom stereocenters. The minimum absolute atomic E-state index is 0.0364. The fourth-order valence-corrected chi connectivity index (χ4v) is 1.65. The van der Waals surface area contributed by atoms with Crippen LogP contribution in [0.25, 0.3) is 0 Å². The molecule has 0 spiro atoms. The summed E-state index contributed by atoms with van der Waals surface area (Å²) in [5.74, 6) is 1.06. The zero-order valence-corrected chi connectivity index (χ0v) is 10.7. The summed E-state index contributed by atoms with van der Waals surface area (Å²) in [5, 5.41) is 26.4. The van der Waals surface area contributed by atoms with Crippen molar-refractivity contribution in [2.75, 3.05) is 11.9 Å². The molecule has 0 atom stereocenters. The zero-order chi connectivity index (χ0) is 14.5. The van der Waals surface area contributed by atoms with Gasteiger partial charge in [-0.2, -0.15) is 10.2 Å². The number of benzene rings is 1. The van der Waals surface area contributed by atoms with Crippen LogP contribution in [-0.2, 0) is 6.42 Å². The topological polar surface area (TPSA) is 118 Å². The van der Waals surface area contributed by atoms with E-state index in [-0.39, 0.29) is 11.3 Å². The Morgan fingerprint density at radius 2 is 2.35 bits per heavy atom. The van der Waals surface area contributed by atoms with E-state index in [4.69, 9.17) is 9.78 Å². The lowest BCUT2D eigenvalue weighted by Crippen LogP contribution is -2.06. The molecule has 1 aromatic carbocycles. The normalized spacial score (nSPS) is 10.0. The van der Waals surface area contributed by atoms with E-state index in [2.05, 4.69) is 15.5 Å². The van der Waals surface area contributed by atoms with Crippen LogP contribution >= 0.6 is 0 Å². The molecule has 0 aliphatic carbocycles. The van der Waals surface area contributed by atoms with Crippen LogP contribution in [0, 0.1) is 28.4 Å². The lowest BCUT2D eigenvalue weighted by molar-refractivity contribution is -0.385. The van der Waals surface area contributed by atoms with Crippen molar-refractivity contribution in [2.24, 2.45) is 0 Å². The van der Waals surface area contributed by atoms with E-state index < -0.39 is 4.92 Å². The van der Waals surface area contributed by atoms with Crippen molar-refractivity contribution in [1.82, 2.24) is 10.1 Å². The van der Waals surface area contributed by atoms with Crippen LogP contribution in [0.15, 0.2) is 22.7 Å². The maximum absolute atomic E-state index is 10.8. The summed E-state index contributed by atoms with van der Waals surface area (Å²) in [4.78, 5) is 14.3. The van der Waals surface area contributed by atoms with Crippen molar-refractivity contribution in [2.45, 2.75) is 13.3 Å². The van der Waals surface area contributed by atoms with Crippen LogP contribution in [0.3, 0.4) is 0 Å². The van der Waals surface area contributed by atoms with Crippen LogP contribution in [0.4, 0.5) is 11.4 Å². The van der Waals surface area contributed by atoms with Crippen LogP contribution in [0.5, 0.6) is 0 Å². The monoisotopic (exact) mass is 273 g/mol. The standard InChI is InChI=1S/C12H11N5O3/c1-8-15-12(16-20-8)4-5-14-10-3-2-9(7-13)11(6-10)17(18)19/h2-3,6,14H,4-5H2,1H3. The van der Waals surface area contributed by atoms with Crippen molar-refractivity contribution in [1.29, 1.82) is 5.26 Å². The fraction of sp³-hybridized carbons (Fsp3) is 0.250. The van der Waals surface area contributed by atoms with Crippen molar-refractivity contribution in [3.8, 4) is 6.07 Å². The number of nitrogens with one attached hydrogen (secondary N) is 1. The first-order chi connectivity index (χ1) is 9.60. The second-order valence-corrected chi connectivity index (χ2v) is 4.01. The summed E-state index contributed by atoms with van der Waals surface area (Å²) in [5.41, 5.74) is 0.387. The molecule has 0 aliphatic rings. The zero-order valence-electron chi connectivity index (χ0n) is 10.7. The molecule has 8 heteroatoms. The minimum atomic E-state index is -0.577. The Balaban J connectivity index is 2.01.